The van der Waals surface area contributed by atoms with Gasteiger partial charge in [0.1, 0.15) is 18.0 Å². The molecular formula is C24H23N5. The number of hydrogen-bond donors (Lipinski definition) is 1. The van der Waals surface area contributed by atoms with E-state index in [0.29, 0.717) is 16.8 Å². The molecule has 1 aromatic carbocycles. The lowest BCUT2D eigenvalue weighted by atomic mass is 9.95. The highest BCUT2D eigenvalue weighted by molar-refractivity contribution is 6.08. The first-order chi connectivity index (χ1) is 14.0. The Morgan fingerprint density at radius 3 is 2.34 bits per heavy atom. The number of allylic oxidation sites excluding steroid dienone is 3. The van der Waals surface area contributed by atoms with Gasteiger partial charge in [-0.2, -0.15) is 10.5 Å². The number of nitrogens with two attached hydrogens (primary N) is 1. The molecule has 0 spiro atoms. The standard InChI is InChI=1S/C24H23N5/c1-15-19(12-17-6-8-18(9-7-17)29-10-4-3-5-11-29)22-16(2)21(14-26)24(27)28-23(22)20(15)13-25/h6-9,12H,3-5,10-11H2,1-2H3,(H2,27,28)/b19-12-. The van der Waals surface area contributed by atoms with E-state index in [-0.39, 0.29) is 5.82 Å². The van der Waals surface area contributed by atoms with E-state index in [1.165, 1.54) is 24.9 Å². The highest BCUT2D eigenvalue weighted by Gasteiger charge is 2.29. The summed E-state index contributed by atoms with van der Waals surface area (Å²) in [6.07, 6.45) is 5.89. The summed E-state index contributed by atoms with van der Waals surface area (Å²) in [4.78, 5) is 6.81. The molecule has 2 aliphatic rings. The number of hydrogen-bond acceptors (Lipinski definition) is 5. The van der Waals surface area contributed by atoms with Gasteiger partial charge in [-0.25, -0.2) is 4.98 Å². The first-order valence-electron chi connectivity index (χ1n) is 9.94. The van der Waals surface area contributed by atoms with Gasteiger partial charge in [-0.3, -0.25) is 0 Å². The number of anilines is 2. The summed E-state index contributed by atoms with van der Waals surface area (Å²) in [7, 11) is 0. The van der Waals surface area contributed by atoms with E-state index in [1.54, 1.807) is 0 Å². The summed E-state index contributed by atoms with van der Waals surface area (Å²) >= 11 is 0. The Bertz CT molecular complexity index is 1120. The lowest BCUT2D eigenvalue weighted by molar-refractivity contribution is 0.578. The zero-order chi connectivity index (χ0) is 20.5. The molecule has 5 nitrogen and oxygen atoms in total. The molecular weight excluding hydrogens is 358 g/mol. The summed E-state index contributed by atoms with van der Waals surface area (Å²) in [6, 6.07) is 12.9. The summed E-state index contributed by atoms with van der Waals surface area (Å²) in [5.74, 6) is 0.177. The maximum Gasteiger partial charge on any atom is 0.142 e. The molecule has 1 aliphatic heterocycles. The molecule has 1 aromatic heterocycles. The van der Waals surface area contributed by atoms with Crippen molar-refractivity contribution in [3.63, 3.8) is 0 Å². The molecule has 0 atom stereocenters. The number of rotatable bonds is 2. The van der Waals surface area contributed by atoms with Crippen LogP contribution in [-0.2, 0) is 0 Å². The molecule has 2 aromatic rings. The van der Waals surface area contributed by atoms with E-state index in [1.807, 2.05) is 13.8 Å². The Morgan fingerprint density at radius 2 is 1.72 bits per heavy atom. The van der Waals surface area contributed by atoms with E-state index in [2.05, 4.69) is 52.4 Å². The maximum atomic E-state index is 9.67. The molecule has 0 bridgehead atoms. The van der Waals surface area contributed by atoms with Gasteiger partial charge in [0.05, 0.1) is 16.8 Å². The molecule has 0 amide bonds. The van der Waals surface area contributed by atoms with Crippen molar-refractivity contribution in [2.45, 2.75) is 33.1 Å². The van der Waals surface area contributed by atoms with Gasteiger partial charge >= 0.3 is 0 Å². The second-order valence-corrected chi connectivity index (χ2v) is 7.64. The lowest BCUT2D eigenvalue weighted by Crippen LogP contribution is -2.29. The monoisotopic (exact) mass is 381 g/mol. The van der Waals surface area contributed by atoms with Gasteiger partial charge < -0.3 is 10.6 Å². The Balaban J connectivity index is 1.78. The van der Waals surface area contributed by atoms with E-state index >= 15 is 0 Å². The fourth-order valence-corrected chi connectivity index (χ4v) is 4.30. The van der Waals surface area contributed by atoms with E-state index in [0.717, 1.165) is 40.9 Å². The fraction of sp³-hybridized carbons (Fsp3) is 0.292. The van der Waals surface area contributed by atoms with Crippen molar-refractivity contribution in [1.82, 2.24) is 4.98 Å². The van der Waals surface area contributed by atoms with Crippen LogP contribution in [-0.4, -0.2) is 18.1 Å². The van der Waals surface area contributed by atoms with Crippen LogP contribution in [0.25, 0.3) is 17.2 Å². The van der Waals surface area contributed by atoms with Gasteiger partial charge in [-0.05, 0) is 73.6 Å². The quantitative estimate of drug-likeness (QED) is 0.815. The number of aromatic nitrogens is 1. The summed E-state index contributed by atoms with van der Waals surface area (Å²) in [5.41, 5.74) is 13.2. The molecule has 0 unspecified atom stereocenters. The second kappa shape index (κ2) is 7.45. The smallest absolute Gasteiger partial charge is 0.142 e. The van der Waals surface area contributed by atoms with Crippen molar-refractivity contribution in [2.24, 2.45) is 0 Å². The number of nitrogens with zero attached hydrogens (tertiary/aromatic N) is 4. The number of nitriles is 2. The molecule has 144 valence electrons. The zero-order valence-corrected chi connectivity index (χ0v) is 16.8. The second-order valence-electron chi connectivity index (χ2n) is 7.64. The summed E-state index contributed by atoms with van der Waals surface area (Å²) < 4.78 is 0. The summed E-state index contributed by atoms with van der Waals surface area (Å²) in [5, 5.41) is 19.1. The number of benzene rings is 1. The molecule has 2 N–H and O–H groups in total. The van der Waals surface area contributed by atoms with Crippen molar-refractivity contribution in [1.29, 1.82) is 10.5 Å². The topological polar surface area (TPSA) is 89.7 Å². The third-order valence-corrected chi connectivity index (χ3v) is 5.91. The Morgan fingerprint density at radius 1 is 1.03 bits per heavy atom. The first-order valence-corrected chi connectivity index (χ1v) is 9.94. The van der Waals surface area contributed by atoms with E-state index in [9.17, 15) is 10.5 Å². The van der Waals surface area contributed by atoms with Crippen LogP contribution in [0.5, 0.6) is 0 Å². The highest BCUT2D eigenvalue weighted by Crippen LogP contribution is 2.44. The average Bonchev–Trinajstić information content (AvgIpc) is 3.00. The molecule has 1 aliphatic carbocycles. The van der Waals surface area contributed by atoms with Gasteiger partial charge in [-0.1, -0.05) is 12.1 Å². The number of piperidine rings is 1. The fourth-order valence-electron chi connectivity index (χ4n) is 4.30. The van der Waals surface area contributed by atoms with E-state index in [4.69, 9.17) is 5.73 Å². The Labute approximate surface area is 171 Å². The zero-order valence-electron chi connectivity index (χ0n) is 16.8. The van der Waals surface area contributed by atoms with Crippen LogP contribution in [0, 0.1) is 29.6 Å². The van der Waals surface area contributed by atoms with Gasteiger partial charge in [0, 0.05) is 24.3 Å². The van der Waals surface area contributed by atoms with Gasteiger partial charge in [0.15, 0.2) is 0 Å². The van der Waals surface area contributed by atoms with Gasteiger partial charge in [0.2, 0.25) is 0 Å². The maximum absolute atomic E-state index is 9.67. The van der Waals surface area contributed by atoms with Crippen molar-refractivity contribution in [3.8, 4) is 12.1 Å². The molecule has 0 radical (unpaired) electrons. The minimum Gasteiger partial charge on any atom is -0.383 e. The number of pyridine rings is 1. The highest BCUT2D eigenvalue weighted by atomic mass is 15.1. The van der Waals surface area contributed by atoms with E-state index < -0.39 is 0 Å². The number of nitrogen functional groups attached to an aromatic ring is 1. The SMILES string of the molecule is CC1=C(C#N)c2nc(N)c(C#N)c(C)c2/C1=C\c1ccc(N2CCCCC2)cc1. The van der Waals surface area contributed by atoms with Crippen LogP contribution in [0.4, 0.5) is 11.5 Å². The van der Waals surface area contributed by atoms with Gasteiger partial charge in [-0.15, -0.1) is 0 Å². The van der Waals surface area contributed by atoms with Crippen molar-refractivity contribution >= 4 is 28.7 Å². The summed E-state index contributed by atoms with van der Waals surface area (Å²) in [6.45, 7) is 6.03. The molecule has 2 heterocycles. The van der Waals surface area contributed by atoms with Crippen LogP contribution in [0.3, 0.4) is 0 Å². The molecule has 1 fully saturated rings. The molecule has 0 saturated carbocycles. The van der Waals surface area contributed by atoms with Crippen LogP contribution in [0.1, 0.15) is 54.1 Å². The minimum absolute atomic E-state index is 0.177. The van der Waals surface area contributed by atoms with Crippen LogP contribution >= 0.6 is 0 Å². The number of fused-ring (bicyclic) bond motifs is 1. The van der Waals surface area contributed by atoms with Gasteiger partial charge in [0.25, 0.3) is 0 Å². The predicted molar refractivity (Wildman–Crippen MR) is 117 cm³/mol. The molecule has 4 rings (SSSR count). The van der Waals surface area contributed by atoms with Crippen molar-refractivity contribution in [2.75, 3.05) is 23.7 Å². The van der Waals surface area contributed by atoms with Crippen molar-refractivity contribution < 1.29 is 0 Å². The Hall–Kier alpha value is -3.57. The van der Waals surface area contributed by atoms with Crippen LogP contribution < -0.4 is 10.6 Å². The predicted octanol–water partition coefficient (Wildman–Crippen LogP) is 4.69. The Kier molecular flexibility index (Phi) is 4.82. The third kappa shape index (κ3) is 3.15. The minimum atomic E-state index is 0.177. The normalized spacial score (nSPS) is 17.2. The first kappa shape index (κ1) is 18.8. The van der Waals surface area contributed by atoms with Crippen LogP contribution in [0.2, 0.25) is 0 Å². The third-order valence-electron chi connectivity index (χ3n) is 5.91. The molecule has 5 heteroatoms. The molecule has 29 heavy (non-hydrogen) atoms. The van der Waals surface area contributed by atoms with Crippen LogP contribution in [0.15, 0.2) is 29.8 Å². The van der Waals surface area contributed by atoms with Crippen molar-refractivity contribution in [3.05, 3.63) is 57.8 Å². The largest absolute Gasteiger partial charge is 0.383 e. The molecule has 1 saturated heterocycles. The average molecular weight is 381 g/mol. The lowest BCUT2D eigenvalue weighted by Gasteiger charge is -2.28.